The lowest BCUT2D eigenvalue weighted by atomic mass is 10.1. The van der Waals surface area contributed by atoms with Crippen LogP contribution < -0.4 is 5.32 Å². The normalized spacial score (nSPS) is 13.7. The summed E-state index contributed by atoms with van der Waals surface area (Å²) < 4.78 is 5.17. The first-order chi connectivity index (χ1) is 11.0. The number of rotatable bonds is 5. The molecular formula is C18H20N2O3. The third-order valence-corrected chi connectivity index (χ3v) is 3.98. The predicted octanol–water partition coefficient (Wildman–Crippen LogP) is 2.75. The molecule has 1 aromatic carbocycles. The summed E-state index contributed by atoms with van der Waals surface area (Å²) in [7, 11) is 1.75. The van der Waals surface area contributed by atoms with Crippen LogP contribution in [0.15, 0.2) is 41.0 Å². The highest BCUT2D eigenvalue weighted by Crippen LogP contribution is 2.19. The summed E-state index contributed by atoms with van der Waals surface area (Å²) >= 11 is 0. The van der Waals surface area contributed by atoms with Crippen molar-refractivity contribution in [1.82, 2.24) is 10.2 Å². The van der Waals surface area contributed by atoms with E-state index in [-0.39, 0.29) is 11.8 Å². The molecule has 3 rings (SSSR count). The van der Waals surface area contributed by atoms with E-state index in [1.54, 1.807) is 37.1 Å². The third-order valence-electron chi connectivity index (χ3n) is 3.98. The SMILES string of the molecule is Cc1occc1C(=O)N(C)Cc1ccc(C(=O)NC2CC2)cc1. The van der Waals surface area contributed by atoms with Crippen LogP contribution in [0.5, 0.6) is 0 Å². The molecule has 0 atom stereocenters. The van der Waals surface area contributed by atoms with Gasteiger partial charge in [-0.3, -0.25) is 9.59 Å². The number of carbonyl (C=O) groups is 2. The van der Waals surface area contributed by atoms with Gasteiger partial charge < -0.3 is 14.6 Å². The Hall–Kier alpha value is -2.56. The van der Waals surface area contributed by atoms with Gasteiger partial charge in [0.15, 0.2) is 0 Å². The Kier molecular flexibility index (Phi) is 4.19. The van der Waals surface area contributed by atoms with E-state index in [9.17, 15) is 9.59 Å². The van der Waals surface area contributed by atoms with Crippen LogP contribution in [0.25, 0.3) is 0 Å². The van der Waals surface area contributed by atoms with Crippen LogP contribution in [-0.4, -0.2) is 29.8 Å². The van der Waals surface area contributed by atoms with Gasteiger partial charge in [0.2, 0.25) is 0 Å². The van der Waals surface area contributed by atoms with E-state index in [1.807, 2.05) is 12.1 Å². The van der Waals surface area contributed by atoms with Gasteiger partial charge in [0.25, 0.3) is 11.8 Å². The number of aryl methyl sites for hydroxylation is 1. The largest absolute Gasteiger partial charge is 0.469 e. The number of nitrogens with zero attached hydrogens (tertiary/aromatic N) is 1. The molecule has 0 unspecified atom stereocenters. The van der Waals surface area contributed by atoms with Gasteiger partial charge in [0.05, 0.1) is 11.8 Å². The zero-order valence-electron chi connectivity index (χ0n) is 13.3. The van der Waals surface area contributed by atoms with Gasteiger partial charge in [-0.05, 0) is 43.5 Å². The molecule has 0 radical (unpaired) electrons. The van der Waals surface area contributed by atoms with Crippen molar-refractivity contribution in [2.75, 3.05) is 7.05 Å². The number of hydrogen-bond donors (Lipinski definition) is 1. The fourth-order valence-electron chi connectivity index (χ4n) is 2.42. The maximum atomic E-state index is 12.3. The molecule has 0 saturated heterocycles. The summed E-state index contributed by atoms with van der Waals surface area (Å²) in [6, 6.07) is 9.40. The van der Waals surface area contributed by atoms with Crippen molar-refractivity contribution < 1.29 is 14.0 Å². The third kappa shape index (κ3) is 3.62. The Labute approximate surface area is 135 Å². The van der Waals surface area contributed by atoms with Crippen molar-refractivity contribution in [3.63, 3.8) is 0 Å². The van der Waals surface area contributed by atoms with Crippen LogP contribution in [0.1, 0.15) is 44.9 Å². The van der Waals surface area contributed by atoms with Crippen molar-refractivity contribution in [1.29, 1.82) is 0 Å². The average molecular weight is 312 g/mol. The van der Waals surface area contributed by atoms with Crippen LogP contribution in [0.4, 0.5) is 0 Å². The predicted molar refractivity (Wildman–Crippen MR) is 86.2 cm³/mol. The van der Waals surface area contributed by atoms with Crippen LogP contribution >= 0.6 is 0 Å². The lowest BCUT2D eigenvalue weighted by molar-refractivity contribution is 0.0783. The Balaban J connectivity index is 1.62. The Morgan fingerprint density at radius 3 is 2.48 bits per heavy atom. The lowest BCUT2D eigenvalue weighted by Gasteiger charge is -2.17. The molecule has 0 bridgehead atoms. The zero-order valence-corrected chi connectivity index (χ0v) is 13.3. The smallest absolute Gasteiger partial charge is 0.257 e. The maximum Gasteiger partial charge on any atom is 0.257 e. The molecule has 120 valence electrons. The van der Waals surface area contributed by atoms with Crippen LogP contribution in [0.2, 0.25) is 0 Å². The first kappa shape index (κ1) is 15.3. The fourth-order valence-corrected chi connectivity index (χ4v) is 2.42. The summed E-state index contributed by atoms with van der Waals surface area (Å²) in [5, 5.41) is 2.96. The van der Waals surface area contributed by atoms with Crippen molar-refractivity contribution >= 4 is 11.8 Å². The van der Waals surface area contributed by atoms with E-state index in [0.717, 1.165) is 18.4 Å². The topological polar surface area (TPSA) is 62.6 Å². The first-order valence-electron chi connectivity index (χ1n) is 7.74. The van der Waals surface area contributed by atoms with E-state index >= 15 is 0 Å². The molecule has 2 aromatic rings. The van der Waals surface area contributed by atoms with E-state index < -0.39 is 0 Å². The molecule has 0 spiro atoms. The summed E-state index contributed by atoms with van der Waals surface area (Å²) in [5.41, 5.74) is 2.21. The summed E-state index contributed by atoms with van der Waals surface area (Å²) in [4.78, 5) is 25.9. The molecule has 23 heavy (non-hydrogen) atoms. The zero-order chi connectivity index (χ0) is 16.4. The Morgan fingerprint density at radius 1 is 1.22 bits per heavy atom. The number of hydrogen-bond acceptors (Lipinski definition) is 3. The molecule has 1 aliphatic carbocycles. The molecule has 1 N–H and O–H groups in total. The number of furan rings is 1. The molecule has 1 aromatic heterocycles. The molecular weight excluding hydrogens is 292 g/mol. The highest BCUT2D eigenvalue weighted by Gasteiger charge is 2.23. The second-order valence-corrected chi connectivity index (χ2v) is 6.00. The monoisotopic (exact) mass is 312 g/mol. The summed E-state index contributed by atoms with van der Waals surface area (Å²) in [6.07, 6.45) is 3.66. The first-order valence-corrected chi connectivity index (χ1v) is 7.74. The number of amides is 2. The molecule has 1 aliphatic rings. The second-order valence-electron chi connectivity index (χ2n) is 6.00. The molecule has 2 amide bonds. The minimum Gasteiger partial charge on any atom is -0.469 e. The molecule has 1 fully saturated rings. The standard InChI is InChI=1S/C18H20N2O3/c1-12-16(9-10-23-12)18(22)20(2)11-13-3-5-14(6-4-13)17(21)19-15-7-8-15/h3-6,9-10,15H,7-8,11H2,1-2H3,(H,19,21). The molecule has 1 heterocycles. The van der Waals surface area contributed by atoms with Gasteiger partial charge in [0.1, 0.15) is 5.76 Å². The van der Waals surface area contributed by atoms with Crippen molar-refractivity contribution in [2.24, 2.45) is 0 Å². The van der Waals surface area contributed by atoms with E-state index in [1.165, 1.54) is 6.26 Å². The molecule has 0 aliphatic heterocycles. The fraction of sp³-hybridized carbons (Fsp3) is 0.333. The number of carbonyl (C=O) groups excluding carboxylic acids is 2. The lowest BCUT2D eigenvalue weighted by Crippen LogP contribution is -2.27. The number of nitrogens with one attached hydrogen (secondary N) is 1. The Morgan fingerprint density at radius 2 is 1.91 bits per heavy atom. The van der Waals surface area contributed by atoms with E-state index in [0.29, 0.717) is 29.5 Å². The molecule has 1 saturated carbocycles. The average Bonchev–Trinajstić information content (AvgIpc) is 3.25. The van der Waals surface area contributed by atoms with Gasteiger partial charge in [0, 0.05) is 25.2 Å². The van der Waals surface area contributed by atoms with Crippen molar-refractivity contribution in [2.45, 2.75) is 32.4 Å². The van der Waals surface area contributed by atoms with Crippen molar-refractivity contribution in [3.05, 3.63) is 59.0 Å². The molecule has 5 nitrogen and oxygen atoms in total. The minimum atomic E-state index is -0.0770. The van der Waals surface area contributed by atoms with Gasteiger partial charge in [-0.15, -0.1) is 0 Å². The van der Waals surface area contributed by atoms with Gasteiger partial charge in [-0.2, -0.15) is 0 Å². The maximum absolute atomic E-state index is 12.3. The van der Waals surface area contributed by atoms with Crippen LogP contribution in [-0.2, 0) is 6.54 Å². The summed E-state index contributed by atoms with van der Waals surface area (Å²) in [6.45, 7) is 2.25. The van der Waals surface area contributed by atoms with Gasteiger partial charge >= 0.3 is 0 Å². The highest BCUT2D eigenvalue weighted by molar-refractivity contribution is 5.95. The van der Waals surface area contributed by atoms with Gasteiger partial charge in [-0.1, -0.05) is 12.1 Å². The van der Waals surface area contributed by atoms with E-state index in [2.05, 4.69) is 5.32 Å². The van der Waals surface area contributed by atoms with Crippen molar-refractivity contribution in [3.8, 4) is 0 Å². The van der Waals surface area contributed by atoms with Gasteiger partial charge in [-0.25, -0.2) is 0 Å². The Bertz CT molecular complexity index is 714. The van der Waals surface area contributed by atoms with Crippen LogP contribution in [0, 0.1) is 6.92 Å². The number of benzene rings is 1. The second kappa shape index (κ2) is 6.28. The van der Waals surface area contributed by atoms with Crippen LogP contribution in [0.3, 0.4) is 0 Å². The highest BCUT2D eigenvalue weighted by atomic mass is 16.3. The quantitative estimate of drug-likeness (QED) is 0.923. The van der Waals surface area contributed by atoms with E-state index in [4.69, 9.17) is 4.42 Å². The molecule has 5 heteroatoms. The summed E-state index contributed by atoms with van der Waals surface area (Å²) in [5.74, 6) is 0.512. The minimum absolute atomic E-state index is 0.0301.